The molecule has 0 saturated carbocycles. The monoisotopic (exact) mass is 700 g/mol. The topological polar surface area (TPSA) is 98.2 Å². The molecular weight excluding hydrogens is 648 g/mol. The number of hydrogen-bond donors (Lipinski definition) is 0. The third-order valence-electron chi connectivity index (χ3n) is 7.40. The number of nitrogens with zero attached hydrogens (tertiary/aromatic N) is 4. The molecular formula is C40H52N4O7+2. The van der Waals surface area contributed by atoms with Gasteiger partial charge in [-0.1, -0.05) is 24.3 Å². The van der Waals surface area contributed by atoms with E-state index in [0.717, 1.165) is 35.3 Å². The highest BCUT2D eigenvalue weighted by Crippen LogP contribution is 2.06. The summed E-state index contributed by atoms with van der Waals surface area (Å²) in [6.07, 6.45) is 23.7. The molecule has 0 aliphatic heterocycles. The van der Waals surface area contributed by atoms with Crippen molar-refractivity contribution >= 4 is 24.3 Å². The van der Waals surface area contributed by atoms with Crippen LogP contribution in [0.5, 0.6) is 0 Å². The van der Waals surface area contributed by atoms with Gasteiger partial charge in [0.25, 0.3) is 0 Å². The van der Waals surface area contributed by atoms with Crippen LogP contribution in [0.3, 0.4) is 0 Å². The molecule has 0 N–H and O–H groups in total. The van der Waals surface area contributed by atoms with E-state index in [9.17, 15) is 0 Å². The van der Waals surface area contributed by atoms with Crippen LogP contribution >= 0.6 is 0 Å². The van der Waals surface area contributed by atoms with E-state index in [1.54, 1.807) is 24.8 Å². The molecule has 0 fully saturated rings. The van der Waals surface area contributed by atoms with Crippen LogP contribution in [0.25, 0.3) is 24.3 Å². The van der Waals surface area contributed by atoms with Gasteiger partial charge in [-0.25, -0.2) is 9.13 Å². The van der Waals surface area contributed by atoms with Crippen LogP contribution < -0.4 is 9.13 Å². The lowest BCUT2D eigenvalue weighted by molar-refractivity contribution is -0.698. The largest absolute Gasteiger partial charge is 0.377 e. The molecule has 0 aromatic carbocycles. The lowest BCUT2D eigenvalue weighted by Gasteiger charge is -2.08. The van der Waals surface area contributed by atoms with E-state index in [-0.39, 0.29) is 0 Å². The maximum atomic E-state index is 5.68. The first-order valence-corrected chi connectivity index (χ1v) is 17.5. The standard InChI is InChI=1S/C40H52N4O7/c1(37-5-13-41-14-6-37)3-39-9-17-43(18-10-39)21-23-45-25-27-47-29-31-49-33-35-51-36-34-50-32-30-48-28-26-46-24-22-44-19-11-40(12-20-44)4-2-38-7-15-42-16-8-38/h1-20H,21-36H2/q+2/b3-1+,4-2+. The van der Waals surface area contributed by atoms with Gasteiger partial charge in [0.2, 0.25) is 0 Å². The van der Waals surface area contributed by atoms with Crippen molar-refractivity contribution < 1.29 is 42.3 Å². The molecule has 0 unspecified atom stereocenters. The summed E-state index contributed by atoms with van der Waals surface area (Å²) >= 11 is 0. The molecule has 51 heavy (non-hydrogen) atoms. The quantitative estimate of drug-likeness (QED) is 0.0638. The fourth-order valence-electron chi connectivity index (χ4n) is 4.55. The fourth-order valence-corrected chi connectivity index (χ4v) is 4.55. The van der Waals surface area contributed by atoms with Gasteiger partial charge in [-0.2, -0.15) is 0 Å². The van der Waals surface area contributed by atoms with E-state index in [0.29, 0.717) is 92.5 Å². The van der Waals surface area contributed by atoms with Crippen molar-refractivity contribution in [3.05, 3.63) is 120 Å². The Kier molecular flexibility index (Phi) is 20.6. The summed E-state index contributed by atoms with van der Waals surface area (Å²) < 4.78 is 43.3. The number of hydrogen-bond acceptors (Lipinski definition) is 9. The molecule has 11 nitrogen and oxygen atoms in total. The lowest BCUT2D eigenvalue weighted by Crippen LogP contribution is -2.35. The molecule has 0 saturated heterocycles. The molecule has 0 amide bonds. The average molecular weight is 701 g/mol. The van der Waals surface area contributed by atoms with Crippen LogP contribution in [-0.2, 0) is 46.2 Å². The Bertz CT molecular complexity index is 1360. The van der Waals surface area contributed by atoms with Crippen molar-refractivity contribution in [2.75, 3.05) is 92.5 Å². The summed E-state index contributed by atoms with van der Waals surface area (Å²) in [7, 11) is 0. The molecule has 0 atom stereocenters. The molecule has 0 radical (unpaired) electrons. The van der Waals surface area contributed by atoms with Crippen molar-refractivity contribution in [3.8, 4) is 0 Å². The maximum Gasteiger partial charge on any atom is 0.171 e. The average Bonchev–Trinajstić information content (AvgIpc) is 3.18. The number of aromatic nitrogens is 4. The van der Waals surface area contributed by atoms with Crippen LogP contribution in [0.2, 0.25) is 0 Å². The first-order valence-electron chi connectivity index (χ1n) is 17.5. The highest BCUT2D eigenvalue weighted by molar-refractivity contribution is 5.69. The van der Waals surface area contributed by atoms with Gasteiger partial charge >= 0.3 is 0 Å². The van der Waals surface area contributed by atoms with E-state index in [4.69, 9.17) is 33.2 Å². The Balaban J connectivity index is 0.831. The summed E-state index contributed by atoms with van der Waals surface area (Å²) in [4.78, 5) is 8.07. The van der Waals surface area contributed by atoms with Gasteiger partial charge in [-0.15, -0.1) is 0 Å². The van der Waals surface area contributed by atoms with Gasteiger partial charge in [0.15, 0.2) is 37.9 Å². The number of pyridine rings is 4. The molecule has 0 bridgehead atoms. The Hall–Kier alpha value is -4.20. The lowest BCUT2D eigenvalue weighted by atomic mass is 10.2. The molecule has 0 aliphatic carbocycles. The zero-order chi connectivity index (χ0) is 35.3. The second-order valence-electron chi connectivity index (χ2n) is 11.3. The minimum atomic E-state index is 0.520. The van der Waals surface area contributed by atoms with Gasteiger partial charge in [-0.3, -0.25) is 9.97 Å². The van der Waals surface area contributed by atoms with Crippen LogP contribution in [-0.4, -0.2) is 102 Å². The summed E-state index contributed by atoms with van der Waals surface area (Å²) in [6, 6.07) is 16.3. The van der Waals surface area contributed by atoms with E-state index < -0.39 is 0 Å². The van der Waals surface area contributed by atoms with Crippen LogP contribution in [0.1, 0.15) is 22.3 Å². The zero-order valence-electron chi connectivity index (χ0n) is 29.5. The van der Waals surface area contributed by atoms with Gasteiger partial charge in [0, 0.05) is 49.1 Å². The van der Waals surface area contributed by atoms with Crippen LogP contribution in [0.15, 0.2) is 98.1 Å². The first-order chi connectivity index (χ1) is 25.3. The van der Waals surface area contributed by atoms with E-state index in [2.05, 4.69) is 92.5 Å². The normalized spacial score (nSPS) is 11.6. The van der Waals surface area contributed by atoms with Gasteiger partial charge < -0.3 is 33.2 Å². The van der Waals surface area contributed by atoms with Gasteiger partial charge in [-0.05, 0) is 46.5 Å². The molecule has 4 aromatic heterocycles. The van der Waals surface area contributed by atoms with E-state index >= 15 is 0 Å². The van der Waals surface area contributed by atoms with Gasteiger partial charge in [0.05, 0.1) is 79.3 Å². The van der Waals surface area contributed by atoms with Crippen LogP contribution in [0.4, 0.5) is 0 Å². The summed E-state index contributed by atoms with van der Waals surface area (Å²) in [5.74, 6) is 0. The Morgan fingerprint density at radius 2 is 0.569 bits per heavy atom. The summed E-state index contributed by atoms with van der Waals surface area (Å²) in [6.45, 7) is 9.21. The molecule has 0 aliphatic rings. The second-order valence-corrected chi connectivity index (χ2v) is 11.3. The van der Waals surface area contributed by atoms with Crippen molar-refractivity contribution in [2.24, 2.45) is 0 Å². The molecule has 11 heteroatoms. The summed E-state index contributed by atoms with van der Waals surface area (Å²) in [5, 5.41) is 0. The highest BCUT2D eigenvalue weighted by atomic mass is 16.6. The Morgan fingerprint density at radius 1 is 0.333 bits per heavy atom. The molecule has 0 spiro atoms. The number of ether oxygens (including phenoxy) is 7. The number of rotatable bonds is 28. The SMILES string of the molecule is C(=C\c1cc[n+](CCOCCOCCOCCOCCOCCOCCOCC[n+]2ccc(/C=C/c3ccncc3)cc2)cc1)/c1ccncc1. The fraction of sp³-hybridized carbons (Fsp3) is 0.400. The van der Waals surface area contributed by atoms with Crippen molar-refractivity contribution in [1.29, 1.82) is 0 Å². The Morgan fingerprint density at radius 3 is 0.843 bits per heavy atom. The van der Waals surface area contributed by atoms with Crippen molar-refractivity contribution in [3.63, 3.8) is 0 Å². The zero-order valence-corrected chi connectivity index (χ0v) is 29.5. The van der Waals surface area contributed by atoms with Crippen molar-refractivity contribution in [1.82, 2.24) is 9.97 Å². The first kappa shape index (κ1) is 39.6. The third-order valence-corrected chi connectivity index (χ3v) is 7.40. The predicted molar refractivity (Wildman–Crippen MR) is 195 cm³/mol. The Labute approximate surface area is 302 Å². The maximum absolute atomic E-state index is 5.68. The minimum absolute atomic E-state index is 0.520. The molecule has 4 heterocycles. The van der Waals surface area contributed by atoms with Crippen LogP contribution in [0, 0.1) is 0 Å². The molecule has 272 valence electrons. The molecule has 4 aromatic rings. The molecule has 4 rings (SSSR count). The van der Waals surface area contributed by atoms with E-state index in [1.165, 1.54) is 0 Å². The predicted octanol–water partition coefficient (Wildman–Crippen LogP) is 4.21. The van der Waals surface area contributed by atoms with Gasteiger partial charge in [0.1, 0.15) is 13.2 Å². The highest BCUT2D eigenvalue weighted by Gasteiger charge is 2.02. The smallest absolute Gasteiger partial charge is 0.171 e. The minimum Gasteiger partial charge on any atom is -0.377 e. The third kappa shape index (κ3) is 19.1. The van der Waals surface area contributed by atoms with Crippen molar-refractivity contribution in [2.45, 2.75) is 13.1 Å². The summed E-state index contributed by atoms with van der Waals surface area (Å²) in [5.41, 5.74) is 4.55. The van der Waals surface area contributed by atoms with E-state index in [1.807, 2.05) is 24.3 Å². The second kappa shape index (κ2) is 26.6.